The van der Waals surface area contributed by atoms with Crippen LogP contribution in [0.4, 0.5) is 11.4 Å². The molecule has 14 heteroatoms. The fourth-order valence-electron chi connectivity index (χ4n) is 3.22. The molecule has 0 radical (unpaired) electrons. The Kier molecular flexibility index (Phi) is 7.33. The first-order valence-electron chi connectivity index (χ1n) is 10.6. The normalized spacial score (nSPS) is 12.9. The van der Waals surface area contributed by atoms with Crippen LogP contribution in [0.2, 0.25) is 0 Å². The Hall–Kier alpha value is -4.14. The summed E-state index contributed by atoms with van der Waals surface area (Å²) in [4.78, 5) is 24.2. The van der Waals surface area contributed by atoms with Crippen LogP contribution in [0.25, 0.3) is 0 Å². The number of carbonyl (C=O) groups excluding carboxylic acids is 2. The molecule has 4 rings (SSSR count). The predicted molar refractivity (Wildman–Crippen MR) is 131 cm³/mol. The number of nitrogens with two attached hydrogens (primary N) is 1. The third-order valence-electron chi connectivity index (χ3n) is 5.00. The molecule has 1 aliphatic rings. The van der Waals surface area contributed by atoms with E-state index >= 15 is 0 Å². The molecule has 37 heavy (non-hydrogen) atoms. The zero-order valence-electron chi connectivity index (χ0n) is 19.0. The fraction of sp³-hybridized carbons (Fsp3) is 0.130. The lowest BCUT2D eigenvalue weighted by atomic mass is 10.2. The summed E-state index contributed by atoms with van der Waals surface area (Å²) in [6, 6.07) is 14.8. The van der Waals surface area contributed by atoms with Crippen LogP contribution < -0.4 is 24.7 Å². The number of hydrogen-bond donors (Lipinski definition) is 3. The second-order valence-corrected chi connectivity index (χ2v) is 10.9. The molecule has 1 amide bonds. The summed E-state index contributed by atoms with van der Waals surface area (Å²) in [6.07, 6.45) is 0. The minimum Gasteiger partial charge on any atom is -0.486 e. The van der Waals surface area contributed by atoms with E-state index in [1.54, 1.807) is 0 Å². The van der Waals surface area contributed by atoms with Gasteiger partial charge in [-0.2, -0.15) is 0 Å². The van der Waals surface area contributed by atoms with E-state index in [0.717, 1.165) is 0 Å². The van der Waals surface area contributed by atoms with Crippen LogP contribution in [0, 0.1) is 0 Å². The number of ether oxygens (including phenoxy) is 3. The van der Waals surface area contributed by atoms with Crippen molar-refractivity contribution in [3.8, 4) is 11.5 Å². The lowest BCUT2D eigenvalue weighted by molar-refractivity contribution is -0.119. The lowest BCUT2D eigenvalue weighted by Crippen LogP contribution is -2.21. The number of benzene rings is 3. The Morgan fingerprint density at radius 2 is 1.41 bits per heavy atom. The number of fused-ring (bicyclic) bond motifs is 1. The van der Waals surface area contributed by atoms with E-state index in [0.29, 0.717) is 24.7 Å². The van der Waals surface area contributed by atoms with Crippen molar-refractivity contribution in [2.75, 3.05) is 29.9 Å². The van der Waals surface area contributed by atoms with Gasteiger partial charge in [-0.05, 0) is 60.7 Å². The van der Waals surface area contributed by atoms with Gasteiger partial charge in [0.05, 0.1) is 15.4 Å². The van der Waals surface area contributed by atoms with Crippen LogP contribution in [0.3, 0.4) is 0 Å². The van der Waals surface area contributed by atoms with Crippen molar-refractivity contribution in [2.45, 2.75) is 9.79 Å². The highest BCUT2D eigenvalue weighted by Crippen LogP contribution is 2.32. The molecule has 0 spiro atoms. The van der Waals surface area contributed by atoms with Gasteiger partial charge in [-0.25, -0.2) is 26.8 Å². The Balaban J connectivity index is 1.31. The smallest absolute Gasteiger partial charge is 0.338 e. The third-order valence-corrected chi connectivity index (χ3v) is 7.31. The Morgan fingerprint density at radius 1 is 0.811 bits per heavy atom. The summed E-state index contributed by atoms with van der Waals surface area (Å²) in [6.45, 7) is 0.0970. The monoisotopic (exact) mass is 547 g/mol. The number of carbonyl (C=O) groups is 2. The molecule has 0 saturated heterocycles. The number of nitrogens with one attached hydrogen (secondary N) is 2. The SMILES string of the molecule is NS(=O)(=O)c1ccc(NC(=O)COC(=O)c2ccc(NS(=O)(=O)c3ccc4c(c3)OCCO4)cc2)cc1. The van der Waals surface area contributed by atoms with E-state index in [-0.39, 0.29) is 26.7 Å². The van der Waals surface area contributed by atoms with Gasteiger partial charge in [-0.3, -0.25) is 9.52 Å². The number of sulfonamides is 2. The van der Waals surface area contributed by atoms with Crippen molar-refractivity contribution in [2.24, 2.45) is 5.14 Å². The average Bonchev–Trinajstić information content (AvgIpc) is 2.87. The molecule has 3 aromatic rings. The molecule has 0 atom stereocenters. The van der Waals surface area contributed by atoms with Gasteiger partial charge in [0.2, 0.25) is 10.0 Å². The minimum atomic E-state index is -3.94. The van der Waals surface area contributed by atoms with Gasteiger partial charge in [0, 0.05) is 17.4 Å². The van der Waals surface area contributed by atoms with Gasteiger partial charge >= 0.3 is 5.97 Å². The van der Waals surface area contributed by atoms with Gasteiger partial charge in [0.25, 0.3) is 15.9 Å². The maximum Gasteiger partial charge on any atom is 0.338 e. The lowest BCUT2D eigenvalue weighted by Gasteiger charge is -2.19. The van der Waals surface area contributed by atoms with Crippen molar-refractivity contribution < 1.29 is 40.6 Å². The number of amides is 1. The first-order valence-corrected chi connectivity index (χ1v) is 13.7. The maximum atomic E-state index is 12.7. The van der Waals surface area contributed by atoms with Crippen LogP contribution in [-0.2, 0) is 29.6 Å². The van der Waals surface area contributed by atoms with Crippen molar-refractivity contribution in [1.82, 2.24) is 0 Å². The molecule has 4 N–H and O–H groups in total. The molecule has 3 aromatic carbocycles. The van der Waals surface area contributed by atoms with E-state index in [9.17, 15) is 26.4 Å². The Morgan fingerprint density at radius 3 is 2.05 bits per heavy atom. The quantitative estimate of drug-likeness (QED) is 0.354. The number of hydrogen-bond acceptors (Lipinski definition) is 9. The molecule has 0 saturated carbocycles. The summed E-state index contributed by atoms with van der Waals surface area (Å²) < 4.78 is 66.2. The van der Waals surface area contributed by atoms with Crippen LogP contribution in [0.15, 0.2) is 76.5 Å². The van der Waals surface area contributed by atoms with Crippen molar-refractivity contribution in [3.63, 3.8) is 0 Å². The average molecular weight is 548 g/mol. The molecule has 0 aromatic heterocycles. The highest BCUT2D eigenvalue weighted by molar-refractivity contribution is 7.92. The molecular weight excluding hydrogens is 526 g/mol. The van der Waals surface area contributed by atoms with Crippen LogP contribution in [-0.4, -0.2) is 48.5 Å². The van der Waals surface area contributed by atoms with Crippen molar-refractivity contribution >= 4 is 43.3 Å². The fourth-order valence-corrected chi connectivity index (χ4v) is 4.81. The molecule has 194 valence electrons. The summed E-state index contributed by atoms with van der Waals surface area (Å²) in [5.41, 5.74) is 0.572. The highest BCUT2D eigenvalue weighted by atomic mass is 32.2. The molecule has 0 bridgehead atoms. The second kappa shape index (κ2) is 10.5. The van der Waals surface area contributed by atoms with Gasteiger partial charge in [0.15, 0.2) is 18.1 Å². The topological polar surface area (TPSA) is 180 Å². The van der Waals surface area contributed by atoms with E-state index in [4.69, 9.17) is 19.3 Å². The highest BCUT2D eigenvalue weighted by Gasteiger charge is 2.20. The minimum absolute atomic E-state index is 0.0226. The summed E-state index contributed by atoms with van der Waals surface area (Å²) in [5, 5.41) is 7.47. The van der Waals surface area contributed by atoms with E-state index < -0.39 is 38.5 Å². The zero-order chi connectivity index (χ0) is 26.6. The van der Waals surface area contributed by atoms with Crippen LogP contribution >= 0.6 is 0 Å². The maximum absolute atomic E-state index is 12.7. The van der Waals surface area contributed by atoms with Gasteiger partial charge in [-0.1, -0.05) is 0 Å². The Labute approximate surface area is 212 Å². The first kappa shape index (κ1) is 25.9. The van der Waals surface area contributed by atoms with Gasteiger partial charge in [-0.15, -0.1) is 0 Å². The third kappa shape index (κ3) is 6.55. The van der Waals surface area contributed by atoms with E-state index in [1.807, 2.05) is 0 Å². The molecule has 0 fully saturated rings. The van der Waals surface area contributed by atoms with Crippen molar-refractivity contribution in [3.05, 3.63) is 72.3 Å². The zero-order valence-corrected chi connectivity index (χ0v) is 20.7. The van der Waals surface area contributed by atoms with Crippen LogP contribution in [0.5, 0.6) is 11.5 Å². The number of rotatable bonds is 8. The molecule has 1 aliphatic heterocycles. The van der Waals surface area contributed by atoms with Crippen molar-refractivity contribution in [1.29, 1.82) is 0 Å². The first-order chi connectivity index (χ1) is 17.5. The molecule has 12 nitrogen and oxygen atoms in total. The van der Waals surface area contributed by atoms with Gasteiger partial charge in [0.1, 0.15) is 13.2 Å². The number of primary sulfonamides is 1. The predicted octanol–water partition coefficient (Wildman–Crippen LogP) is 1.70. The number of esters is 1. The van der Waals surface area contributed by atoms with Crippen LogP contribution in [0.1, 0.15) is 10.4 Å². The second-order valence-electron chi connectivity index (χ2n) is 7.68. The molecule has 0 aliphatic carbocycles. The molecule has 1 heterocycles. The summed E-state index contributed by atoms with van der Waals surface area (Å²) in [7, 11) is -7.80. The Bertz CT molecular complexity index is 1540. The standard InChI is InChI=1S/C23H21N3O9S2/c24-36(29,30)18-7-5-16(6-8-18)25-22(27)14-35-23(28)15-1-3-17(4-2-15)26-37(31,32)19-9-10-20-21(13-19)34-12-11-33-20/h1-10,13,26H,11-12,14H2,(H,25,27)(H2,24,29,30). The van der Waals surface area contributed by atoms with E-state index in [1.165, 1.54) is 66.7 Å². The summed E-state index contributed by atoms with van der Waals surface area (Å²) >= 11 is 0. The number of anilines is 2. The molecule has 0 unspecified atom stereocenters. The largest absolute Gasteiger partial charge is 0.486 e. The van der Waals surface area contributed by atoms with E-state index in [2.05, 4.69) is 10.0 Å². The molecular formula is C23H21N3O9S2. The summed E-state index contributed by atoms with van der Waals surface area (Å²) in [5.74, 6) is -0.667. The van der Waals surface area contributed by atoms with Gasteiger partial charge < -0.3 is 19.5 Å².